The molecule has 9 heteroatoms. The quantitative estimate of drug-likeness (QED) is 0.615. The van der Waals surface area contributed by atoms with E-state index in [1.807, 2.05) is 0 Å². The van der Waals surface area contributed by atoms with Crippen molar-refractivity contribution in [1.29, 1.82) is 0 Å². The topological polar surface area (TPSA) is 83.1 Å². The Hall–Kier alpha value is -2.64. The van der Waals surface area contributed by atoms with E-state index in [-0.39, 0.29) is 0 Å². The summed E-state index contributed by atoms with van der Waals surface area (Å²) in [5.74, 6) is -0.0437. The second kappa shape index (κ2) is 10.2. The van der Waals surface area contributed by atoms with Crippen molar-refractivity contribution in [3.63, 3.8) is 0 Å². The number of anilines is 1. The van der Waals surface area contributed by atoms with Crippen LogP contribution in [0.3, 0.4) is 0 Å². The number of ether oxygens (including phenoxy) is 4. The number of methoxy groups -OCH3 is 2. The van der Waals surface area contributed by atoms with Gasteiger partial charge in [-0.25, -0.2) is 4.79 Å². The molecule has 0 spiro atoms. The van der Waals surface area contributed by atoms with Crippen molar-refractivity contribution in [3.05, 3.63) is 45.9 Å². The van der Waals surface area contributed by atoms with Gasteiger partial charge in [-0.15, -0.1) is 0 Å². The number of carbonyl (C=O) groups excluding carboxylic acids is 2. The largest absolute Gasteiger partial charge is 0.495 e. The fourth-order valence-electron chi connectivity index (χ4n) is 2.38. The van der Waals surface area contributed by atoms with Gasteiger partial charge in [0.1, 0.15) is 17.2 Å². The molecule has 0 fully saturated rings. The Morgan fingerprint density at radius 2 is 1.72 bits per heavy atom. The molecule has 0 aromatic heterocycles. The van der Waals surface area contributed by atoms with Crippen LogP contribution in [0.4, 0.5) is 5.69 Å². The molecular weight excluding hydrogens is 421 g/mol. The van der Waals surface area contributed by atoms with Crippen molar-refractivity contribution in [2.45, 2.75) is 20.0 Å². The summed E-state index contributed by atoms with van der Waals surface area (Å²) in [6.45, 7) is 2.84. The Balaban J connectivity index is 1.94. The first-order valence-electron chi connectivity index (χ1n) is 8.56. The van der Waals surface area contributed by atoms with Crippen LogP contribution >= 0.6 is 23.2 Å². The van der Waals surface area contributed by atoms with Crippen LogP contribution in [0.2, 0.25) is 10.0 Å². The highest BCUT2D eigenvalue weighted by Gasteiger charge is 2.19. The van der Waals surface area contributed by atoms with E-state index in [9.17, 15) is 9.59 Å². The molecule has 0 aliphatic carbocycles. The van der Waals surface area contributed by atoms with E-state index in [0.29, 0.717) is 33.0 Å². The zero-order chi connectivity index (χ0) is 21.6. The summed E-state index contributed by atoms with van der Waals surface area (Å²) >= 11 is 11.9. The smallest absolute Gasteiger partial charge is 0.347 e. The molecule has 2 aromatic carbocycles. The number of hydrogen-bond acceptors (Lipinski definition) is 6. The van der Waals surface area contributed by atoms with E-state index < -0.39 is 24.6 Å². The van der Waals surface area contributed by atoms with E-state index >= 15 is 0 Å². The van der Waals surface area contributed by atoms with Gasteiger partial charge in [-0.2, -0.15) is 0 Å². The number of hydrogen-bond donors (Lipinski definition) is 1. The molecule has 0 aliphatic rings. The van der Waals surface area contributed by atoms with Gasteiger partial charge in [0.25, 0.3) is 5.91 Å². The van der Waals surface area contributed by atoms with Crippen molar-refractivity contribution in [2.75, 3.05) is 26.1 Å². The third-order valence-corrected chi connectivity index (χ3v) is 4.40. The number of carbonyl (C=O) groups is 2. The number of aryl methyl sites for hydroxylation is 1. The highest BCUT2D eigenvalue weighted by Crippen LogP contribution is 2.35. The van der Waals surface area contributed by atoms with Gasteiger partial charge in [0.15, 0.2) is 12.7 Å². The lowest BCUT2D eigenvalue weighted by Crippen LogP contribution is -2.30. The Kier molecular flexibility index (Phi) is 7.99. The van der Waals surface area contributed by atoms with Crippen LogP contribution in [-0.2, 0) is 14.3 Å². The van der Waals surface area contributed by atoms with Gasteiger partial charge in [-0.1, -0.05) is 23.2 Å². The average Bonchev–Trinajstić information content (AvgIpc) is 2.69. The molecule has 1 unspecified atom stereocenters. The normalized spacial score (nSPS) is 11.4. The van der Waals surface area contributed by atoms with Crippen molar-refractivity contribution in [3.8, 4) is 17.2 Å². The summed E-state index contributed by atoms with van der Waals surface area (Å²) < 4.78 is 20.9. The van der Waals surface area contributed by atoms with Gasteiger partial charge in [0.2, 0.25) is 0 Å². The Bertz CT molecular complexity index is 903. The molecular formula is C20H21Cl2NO6. The van der Waals surface area contributed by atoms with Crippen LogP contribution in [0, 0.1) is 6.92 Å². The molecule has 1 N–H and O–H groups in total. The molecule has 0 heterocycles. The summed E-state index contributed by atoms with van der Waals surface area (Å²) in [5.41, 5.74) is 1.11. The van der Waals surface area contributed by atoms with E-state index in [4.69, 9.17) is 42.1 Å². The molecule has 0 aliphatic heterocycles. The zero-order valence-corrected chi connectivity index (χ0v) is 17.9. The fourth-order valence-corrected chi connectivity index (χ4v) is 2.84. The first-order valence-corrected chi connectivity index (χ1v) is 9.31. The minimum atomic E-state index is -0.909. The SMILES string of the molecule is COc1cc(NC(=O)COC(=O)C(C)Oc2ccc(Cl)cc2C)c(OC)cc1Cl. The Morgan fingerprint density at radius 1 is 1.03 bits per heavy atom. The minimum absolute atomic E-state index is 0.330. The minimum Gasteiger partial charge on any atom is -0.495 e. The second-order valence-electron chi connectivity index (χ2n) is 6.01. The molecule has 0 saturated heterocycles. The van der Waals surface area contributed by atoms with Crippen LogP contribution in [0.1, 0.15) is 12.5 Å². The average molecular weight is 442 g/mol. The monoisotopic (exact) mass is 441 g/mol. The molecule has 0 saturated carbocycles. The molecule has 1 atom stereocenters. The molecule has 1 amide bonds. The molecule has 0 bridgehead atoms. The predicted molar refractivity (Wildman–Crippen MR) is 110 cm³/mol. The van der Waals surface area contributed by atoms with Crippen LogP contribution < -0.4 is 19.5 Å². The number of rotatable bonds is 8. The van der Waals surface area contributed by atoms with Crippen LogP contribution in [0.5, 0.6) is 17.2 Å². The van der Waals surface area contributed by atoms with E-state index in [1.54, 1.807) is 25.1 Å². The highest BCUT2D eigenvalue weighted by atomic mass is 35.5. The molecule has 0 radical (unpaired) electrons. The maximum Gasteiger partial charge on any atom is 0.347 e. The van der Waals surface area contributed by atoms with Gasteiger partial charge < -0.3 is 24.3 Å². The fraction of sp³-hybridized carbons (Fsp3) is 0.300. The lowest BCUT2D eigenvalue weighted by atomic mass is 10.2. The van der Waals surface area contributed by atoms with Crippen LogP contribution in [0.25, 0.3) is 0 Å². The van der Waals surface area contributed by atoms with Gasteiger partial charge in [0.05, 0.1) is 24.9 Å². The highest BCUT2D eigenvalue weighted by molar-refractivity contribution is 6.32. The van der Waals surface area contributed by atoms with Crippen LogP contribution in [0.15, 0.2) is 30.3 Å². The third-order valence-electron chi connectivity index (χ3n) is 3.87. The number of esters is 1. The molecule has 2 aromatic rings. The first kappa shape index (κ1) is 22.6. The summed E-state index contributed by atoms with van der Waals surface area (Å²) in [7, 11) is 2.89. The number of amides is 1. The van der Waals surface area contributed by atoms with Gasteiger partial charge in [-0.05, 0) is 37.6 Å². The number of benzene rings is 2. The lowest BCUT2D eigenvalue weighted by Gasteiger charge is -2.16. The Morgan fingerprint density at radius 3 is 2.34 bits per heavy atom. The third kappa shape index (κ3) is 6.17. The van der Waals surface area contributed by atoms with Crippen molar-refractivity contribution in [2.24, 2.45) is 0 Å². The first-order chi connectivity index (χ1) is 13.7. The number of nitrogens with one attached hydrogen (secondary N) is 1. The molecule has 29 heavy (non-hydrogen) atoms. The summed E-state index contributed by atoms with van der Waals surface area (Å²) in [5, 5.41) is 3.48. The van der Waals surface area contributed by atoms with E-state index in [0.717, 1.165) is 5.56 Å². The Labute approximate surface area is 178 Å². The zero-order valence-electron chi connectivity index (χ0n) is 16.4. The second-order valence-corrected chi connectivity index (χ2v) is 6.86. The molecule has 2 rings (SSSR count). The molecule has 7 nitrogen and oxygen atoms in total. The van der Waals surface area contributed by atoms with Crippen molar-refractivity contribution >= 4 is 40.8 Å². The van der Waals surface area contributed by atoms with Crippen LogP contribution in [-0.4, -0.2) is 38.8 Å². The van der Waals surface area contributed by atoms with E-state index in [2.05, 4.69) is 5.32 Å². The van der Waals surface area contributed by atoms with Crippen molar-refractivity contribution < 1.29 is 28.5 Å². The number of halogens is 2. The van der Waals surface area contributed by atoms with Gasteiger partial charge >= 0.3 is 5.97 Å². The van der Waals surface area contributed by atoms with Gasteiger partial charge in [0, 0.05) is 17.2 Å². The summed E-state index contributed by atoms with van der Waals surface area (Å²) in [6, 6.07) is 8.05. The van der Waals surface area contributed by atoms with Crippen molar-refractivity contribution in [1.82, 2.24) is 0 Å². The lowest BCUT2D eigenvalue weighted by molar-refractivity contribution is -0.153. The predicted octanol–water partition coefficient (Wildman–Crippen LogP) is 4.27. The summed E-state index contributed by atoms with van der Waals surface area (Å²) in [4.78, 5) is 24.3. The van der Waals surface area contributed by atoms with Gasteiger partial charge in [-0.3, -0.25) is 4.79 Å². The molecule has 156 valence electrons. The van der Waals surface area contributed by atoms with E-state index in [1.165, 1.54) is 33.3 Å². The maximum atomic E-state index is 12.2. The summed E-state index contributed by atoms with van der Waals surface area (Å²) in [6.07, 6.45) is -0.909. The maximum absolute atomic E-state index is 12.2. The standard InChI is InChI=1S/C20H21Cl2NO6/c1-11-7-13(21)5-6-16(11)29-12(2)20(25)28-10-19(24)23-15-9-17(26-3)14(22)8-18(15)27-4/h5-9,12H,10H2,1-4H3,(H,23,24).